The number of nitrogens with zero attached hydrogens (tertiary/aromatic N) is 1. The number of rotatable bonds is 2. The third kappa shape index (κ3) is 2.38. The van der Waals surface area contributed by atoms with Gasteiger partial charge in [-0.1, -0.05) is 6.07 Å². The van der Waals surface area contributed by atoms with Crippen LogP contribution in [0.4, 0.5) is 13.2 Å². The predicted molar refractivity (Wildman–Crippen MR) is 71.5 cm³/mol. The third-order valence-electron chi connectivity index (χ3n) is 3.11. The van der Waals surface area contributed by atoms with Gasteiger partial charge in [0.1, 0.15) is 0 Å². The molecule has 104 valence electrons. The Bertz CT molecular complexity index is 838. The first-order valence-corrected chi connectivity index (χ1v) is 6.10. The Morgan fingerprint density at radius 1 is 0.905 bits per heavy atom. The van der Waals surface area contributed by atoms with E-state index in [1.807, 2.05) is 0 Å². The van der Waals surface area contributed by atoms with Gasteiger partial charge in [-0.05, 0) is 36.4 Å². The molecule has 0 aliphatic rings. The number of halogens is 3. The van der Waals surface area contributed by atoms with Crippen LogP contribution < -0.4 is 0 Å². The first-order chi connectivity index (χ1) is 10.1. The fraction of sp³-hybridized carbons (Fsp3) is 0. The molecule has 2 nitrogen and oxygen atoms in total. The Labute approximate surface area is 117 Å². The maximum absolute atomic E-state index is 13.2. The van der Waals surface area contributed by atoms with Crippen molar-refractivity contribution in [1.82, 2.24) is 4.98 Å². The van der Waals surface area contributed by atoms with E-state index in [-0.39, 0.29) is 11.1 Å². The van der Waals surface area contributed by atoms with Crippen molar-refractivity contribution < 1.29 is 18.0 Å². The number of carbonyl (C=O) groups excluding carboxylic acids is 1. The van der Waals surface area contributed by atoms with Gasteiger partial charge in [0.25, 0.3) is 0 Å². The van der Waals surface area contributed by atoms with E-state index in [2.05, 4.69) is 4.98 Å². The van der Waals surface area contributed by atoms with Crippen molar-refractivity contribution in [3.05, 3.63) is 77.2 Å². The van der Waals surface area contributed by atoms with Crippen LogP contribution in [-0.4, -0.2) is 10.8 Å². The van der Waals surface area contributed by atoms with Crippen molar-refractivity contribution in [3.8, 4) is 0 Å². The molecule has 0 atom stereocenters. The van der Waals surface area contributed by atoms with Crippen molar-refractivity contribution in [2.45, 2.75) is 0 Å². The number of hydrogen-bond acceptors (Lipinski definition) is 2. The zero-order chi connectivity index (χ0) is 15.0. The van der Waals surface area contributed by atoms with E-state index in [1.54, 1.807) is 30.5 Å². The quantitative estimate of drug-likeness (QED) is 0.529. The molecule has 1 aromatic heterocycles. The standard InChI is InChI=1S/C16H8F3NO/c17-12-7-11(8-13(18)15(12)19)16(21)10-3-4-14-9(6-10)2-1-5-20-14/h1-8H. The van der Waals surface area contributed by atoms with Crippen LogP contribution in [0.1, 0.15) is 15.9 Å². The van der Waals surface area contributed by atoms with Crippen LogP contribution in [0.5, 0.6) is 0 Å². The van der Waals surface area contributed by atoms with Crippen molar-refractivity contribution in [3.63, 3.8) is 0 Å². The van der Waals surface area contributed by atoms with Gasteiger partial charge in [0, 0.05) is 22.7 Å². The van der Waals surface area contributed by atoms with Crippen molar-refractivity contribution in [1.29, 1.82) is 0 Å². The average molecular weight is 287 g/mol. The fourth-order valence-corrected chi connectivity index (χ4v) is 2.07. The van der Waals surface area contributed by atoms with Gasteiger partial charge in [0.15, 0.2) is 23.2 Å². The van der Waals surface area contributed by atoms with E-state index >= 15 is 0 Å². The van der Waals surface area contributed by atoms with Gasteiger partial charge in [0.05, 0.1) is 5.52 Å². The number of pyridine rings is 1. The molecule has 3 rings (SSSR count). The number of ketones is 1. The second-order valence-corrected chi connectivity index (χ2v) is 4.49. The highest BCUT2D eigenvalue weighted by atomic mass is 19.2. The second-order valence-electron chi connectivity index (χ2n) is 4.49. The maximum Gasteiger partial charge on any atom is 0.194 e. The van der Waals surface area contributed by atoms with Crippen LogP contribution in [0, 0.1) is 17.5 Å². The normalized spacial score (nSPS) is 10.8. The van der Waals surface area contributed by atoms with Crippen LogP contribution >= 0.6 is 0 Å². The Morgan fingerprint density at radius 2 is 1.62 bits per heavy atom. The van der Waals surface area contributed by atoms with Crippen molar-refractivity contribution in [2.75, 3.05) is 0 Å². The molecule has 1 heterocycles. The minimum Gasteiger partial charge on any atom is -0.289 e. The lowest BCUT2D eigenvalue weighted by Gasteiger charge is -2.04. The molecule has 5 heteroatoms. The summed E-state index contributed by atoms with van der Waals surface area (Å²) >= 11 is 0. The summed E-state index contributed by atoms with van der Waals surface area (Å²) in [4.78, 5) is 16.3. The molecule has 0 bridgehead atoms. The minimum absolute atomic E-state index is 0.241. The topological polar surface area (TPSA) is 30.0 Å². The van der Waals surface area contributed by atoms with Crippen molar-refractivity contribution in [2.24, 2.45) is 0 Å². The van der Waals surface area contributed by atoms with Gasteiger partial charge < -0.3 is 0 Å². The molecule has 0 amide bonds. The summed E-state index contributed by atoms with van der Waals surface area (Å²) in [6.07, 6.45) is 1.62. The molecule has 0 unspecified atom stereocenters. The highest BCUT2D eigenvalue weighted by Gasteiger charge is 2.16. The predicted octanol–water partition coefficient (Wildman–Crippen LogP) is 3.88. The van der Waals surface area contributed by atoms with Crippen molar-refractivity contribution >= 4 is 16.7 Å². The number of aromatic nitrogens is 1. The Kier molecular flexibility index (Phi) is 3.17. The molecule has 0 N–H and O–H groups in total. The molecule has 0 saturated heterocycles. The Balaban J connectivity index is 2.08. The second kappa shape index (κ2) is 5.01. The zero-order valence-corrected chi connectivity index (χ0v) is 10.6. The molecule has 0 saturated carbocycles. The number of hydrogen-bond donors (Lipinski definition) is 0. The lowest BCUT2D eigenvalue weighted by Crippen LogP contribution is -2.04. The van der Waals surface area contributed by atoms with E-state index in [1.165, 1.54) is 6.07 Å². The largest absolute Gasteiger partial charge is 0.289 e. The van der Waals surface area contributed by atoms with Gasteiger partial charge in [0.2, 0.25) is 0 Å². The molecule has 0 aliphatic heterocycles. The first-order valence-electron chi connectivity index (χ1n) is 6.10. The van der Waals surface area contributed by atoms with Gasteiger partial charge in [-0.25, -0.2) is 13.2 Å². The highest BCUT2D eigenvalue weighted by Crippen LogP contribution is 2.19. The van der Waals surface area contributed by atoms with Crippen LogP contribution in [0.3, 0.4) is 0 Å². The van der Waals surface area contributed by atoms with E-state index in [0.29, 0.717) is 17.6 Å². The third-order valence-corrected chi connectivity index (χ3v) is 3.11. The number of benzene rings is 2. The fourth-order valence-electron chi connectivity index (χ4n) is 2.07. The zero-order valence-electron chi connectivity index (χ0n) is 10.6. The van der Waals surface area contributed by atoms with Gasteiger partial charge in [-0.2, -0.15) is 0 Å². The van der Waals surface area contributed by atoms with E-state index in [9.17, 15) is 18.0 Å². The molecular formula is C16H8F3NO. The monoisotopic (exact) mass is 287 g/mol. The smallest absolute Gasteiger partial charge is 0.194 e. The molecule has 0 aliphatic carbocycles. The van der Waals surface area contributed by atoms with Crippen LogP contribution in [0.25, 0.3) is 10.9 Å². The van der Waals surface area contributed by atoms with Gasteiger partial charge in [-0.15, -0.1) is 0 Å². The summed E-state index contributed by atoms with van der Waals surface area (Å²) in [6.45, 7) is 0. The van der Waals surface area contributed by atoms with E-state index in [0.717, 1.165) is 5.39 Å². The summed E-state index contributed by atoms with van der Waals surface area (Å²) in [6, 6.07) is 9.58. The maximum atomic E-state index is 13.2. The molecule has 0 spiro atoms. The minimum atomic E-state index is -1.59. The highest BCUT2D eigenvalue weighted by molar-refractivity contribution is 6.10. The summed E-state index contributed by atoms with van der Waals surface area (Å²) in [5.74, 6) is -4.95. The summed E-state index contributed by atoms with van der Waals surface area (Å²) in [7, 11) is 0. The molecule has 21 heavy (non-hydrogen) atoms. The lowest BCUT2D eigenvalue weighted by molar-refractivity contribution is 0.103. The average Bonchev–Trinajstić information content (AvgIpc) is 2.51. The summed E-state index contributed by atoms with van der Waals surface area (Å²) in [5, 5.41) is 0.728. The van der Waals surface area contributed by atoms with E-state index < -0.39 is 23.2 Å². The SMILES string of the molecule is O=C(c1cc(F)c(F)c(F)c1)c1ccc2ncccc2c1. The van der Waals surface area contributed by atoms with Crippen LogP contribution in [0.2, 0.25) is 0 Å². The van der Waals surface area contributed by atoms with E-state index in [4.69, 9.17) is 0 Å². The molecule has 0 radical (unpaired) electrons. The summed E-state index contributed by atoms with van der Waals surface area (Å²) in [5.41, 5.74) is 0.709. The Hall–Kier alpha value is -2.69. The summed E-state index contributed by atoms with van der Waals surface area (Å²) < 4.78 is 39.3. The first kappa shape index (κ1) is 13.3. The molecule has 2 aromatic carbocycles. The molecule has 3 aromatic rings. The van der Waals surface area contributed by atoms with Gasteiger partial charge >= 0.3 is 0 Å². The van der Waals surface area contributed by atoms with Gasteiger partial charge in [-0.3, -0.25) is 9.78 Å². The van der Waals surface area contributed by atoms with Crippen LogP contribution in [-0.2, 0) is 0 Å². The van der Waals surface area contributed by atoms with Crippen LogP contribution in [0.15, 0.2) is 48.7 Å². The Morgan fingerprint density at radius 3 is 2.33 bits per heavy atom. The molecule has 0 fully saturated rings. The number of carbonyl (C=O) groups is 1. The lowest BCUT2D eigenvalue weighted by atomic mass is 10.0. The number of fused-ring (bicyclic) bond motifs is 1. The molecular weight excluding hydrogens is 279 g/mol.